The van der Waals surface area contributed by atoms with Gasteiger partial charge in [0.25, 0.3) is 5.91 Å². The molecule has 1 aromatic heterocycles. The van der Waals surface area contributed by atoms with Crippen LogP contribution in [0.15, 0.2) is 76.6 Å². The lowest BCUT2D eigenvalue weighted by Gasteiger charge is -2.09. The summed E-state index contributed by atoms with van der Waals surface area (Å²) < 4.78 is 11.7. The number of hydrazone groups is 1. The first kappa shape index (κ1) is 21.2. The minimum atomic E-state index is -0.518. The number of carbonyl (C=O) groups excluding carboxylic acids is 2. The largest absolute Gasteiger partial charge is 0.494 e. The summed E-state index contributed by atoms with van der Waals surface area (Å²) in [5, 5.41) is 3.96. The zero-order valence-corrected chi connectivity index (χ0v) is 17.6. The van der Waals surface area contributed by atoms with Gasteiger partial charge in [0.1, 0.15) is 11.5 Å². The molecule has 0 fully saturated rings. The number of halogens is 1. The summed E-state index contributed by atoms with van der Waals surface area (Å²) in [5.41, 5.74) is 3.76. The monoisotopic (exact) mass is 467 g/mol. The number of ether oxygens (including phenoxy) is 2. The molecule has 0 bridgehead atoms. The third kappa shape index (κ3) is 5.74. The summed E-state index contributed by atoms with van der Waals surface area (Å²) in [7, 11) is 0. The maximum absolute atomic E-state index is 12.5. The average Bonchev–Trinajstić information content (AvgIpc) is 2.76. The summed E-state index contributed by atoms with van der Waals surface area (Å²) in [6.45, 7) is 2.43. The Hall–Kier alpha value is -3.52. The molecule has 8 heteroatoms. The highest BCUT2D eigenvalue weighted by Gasteiger charge is 2.12. The second kappa shape index (κ2) is 10.3. The summed E-state index contributed by atoms with van der Waals surface area (Å²) in [5.74, 6) is 0.0851. The van der Waals surface area contributed by atoms with Crippen molar-refractivity contribution in [3.8, 4) is 11.5 Å². The van der Waals surface area contributed by atoms with E-state index in [2.05, 4.69) is 31.4 Å². The maximum atomic E-state index is 12.5. The van der Waals surface area contributed by atoms with Crippen molar-refractivity contribution < 1.29 is 19.1 Å². The predicted octanol–water partition coefficient (Wildman–Crippen LogP) is 4.23. The first-order valence-corrected chi connectivity index (χ1v) is 9.84. The molecule has 0 aliphatic heterocycles. The fourth-order valence-corrected chi connectivity index (χ4v) is 2.83. The number of carbonyl (C=O) groups is 2. The van der Waals surface area contributed by atoms with Crippen LogP contribution in [0.1, 0.15) is 33.2 Å². The summed E-state index contributed by atoms with van der Waals surface area (Å²) in [6, 6.07) is 14.9. The molecule has 0 aliphatic carbocycles. The van der Waals surface area contributed by atoms with E-state index in [1.807, 2.05) is 6.92 Å². The highest BCUT2D eigenvalue weighted by Crippen LogP contribution is 2.23. The van der Waals surface area contributed by atoms with Gasteiger partial charge in [-0.25, -0.2) is 10.2 Å². The quantitative estimate of drug-likeness (QED) is 0.243. The topological polar surface area (TPSA) is 89.9 Å². The van der Waals surface area contributed by atoms with E-state index in [1.54, 1.807) is 54.6 Å². The number of rotatable bonds is 7. The van der Waals surface area contributed by atoms with E-state index in [9.17, 15) is 9.59 Å². The molecule has 0 atom stereocenters. The smallest absolute Gasteiger partial charge is 0.343 e. The van der Waals surface area contributed by atoms with Crippen molar-refractivity contribution in [3.63, 3.8) is 0 Å². The van der Waals surface area contributed by atoms with Gasteiger partial charge in [-0.15, -0.1) is 0 Å². The van der Waals surface area contributed by atoms with Crippen LogP contribution in [0.3, 0.4) is 0 Å². The molecule has 152 valence electrons. The van der Waals surface area contributed by atoms with E-state index >= 15 is 0 Å². The van der Waals surface area contributed by atoms with Crippen LogP contribution in [0.5, 0.6) is 11.5 Å². The Balaban J connectivity index is 1.71. The highest BCUT2D eigenvalue weighted by atomic mass is 79.9. The van der Waals surface area contributed by atoms with E-state index in [1.165, 1.54) is 18.6 Å². The van der Waals surface area contributed by atoms with Gasteiger partial charge < -0.3 is 9.47 Å². The number of esters is 1. The van der Waals surface area contributed by atoms with Gasteiger partial charge in [-0.05, 0) is 61.5 Å². The van der Waals surface area contributed by atoms with Crippen molar-refractivity contribution in [1.82, 2.24) is 10.4 Å². The van der Waals surface area contributed by atoms with Gasteiger partial charge in [0, 0.05) is 28.0 Å². The lowest BCUT2D eigenvalue weighted by atomic mass is 10.2. The van der Waals surface area contributed by atoms with Crippen molar-refractivity contribution >= 4 is 34.0 Å². The molecule has 3 aromatic rings. The second-order valence-electron chi connectivity index (χ2n) is 5.96. The van der Waals surface area contributed by atoms with Crippen LogP contribution in [-0.4, -0.2) is 29.7 Å². The van der Waals surface area contributed by atoms with Gasteiger partial charge in [0.2, 0.25) is 0 Å². The molecule has 3 rings (SSSR count). The zero-order valence-electron chi connectivity index (χ0n) is 16.0. The number of nitrogens with one attached hydrogen (secondary N) is 1. The molecule has 1 N–H and O–H groups in total. The molecule has 1 amide bonds. The Morgan fingerprint density at radius 3 is 2.50 bits per heavy atom. The van der Waals surface area contributed by atoms with Gasteiger partial charge in [0.15, 0.2) is 0 Å². The second-order valence-corrected chi connectivity index (χ2v) is 6.88. The van der Waals surface area contributed by atoms with Gasteiger partial charge in [-0.3, -0.25) is 9.78 Å². The van der Waals surface area contributed by atoms with Gasteiger partial charge in [0.05, 0.1) is 18.4 Å². The van der Waals surface area contributed by atoms with Crippen LogP contribution < -0.4 is 14.9 Å². The van der Waals surface area contributed by atoms with Gasteiger partial charge >= 0.3 is 5.97 Å². The highest BCUT2D eigenvalue weighted by molar-refractivity contribution is 9.10. The number of hydrogen-bond acceptors (Lipinski definition) is 6. The van der Waals surface area contributed by atoms with Crippen LogP contribution in [0.4, 0.5) is 0 Å². The maximum Gasteiger partial charge on any atom is 0.343 e. The number of amides is 1. The molecule has 7 nitrogen and oxygen atoms in total. The molecule has 30 heavy (non-hydrogen) atoms. The lowest BCUT2D eigenvalue weighted by molar-refractivity contribution is 0.0734. The van der Waals surface area contributed by atoms with Gasteiger partial charge in [-0.2, -0.15) is 5.10 Å². The first-order valence-electron chi connectivity index (χ1n) is 9.05. The molecular formula is C22H18BrN3O4. The first-order chi connectivity index (χ1) is 14.6. The number of hydrogen-bond donors (Lipinski definition) is 1. The standard InChI is InChI=1S/C22H18BrN3O4/c1-2-29-19-6-3-16(4-7-19)22(28)30-20-8-5-18(23)13-17(20)14-25-26-21(27)15-9-11-24-12-10-15/h3-14H,2H2,1H3,(H,26,27)/b25-14+. The number of benzene rings is 2. The fourth-order valence-electron chi connectivity index (χ4n) is 2.45. The van der Waals surface area contributed by atoms with E-state index in [4.69, 9.17) is 9.47 Å². The van der Waals surface area contributed by atoms with Crippen molar-refractivity contribution in [1.29, 1.82) is 0 Å². The Kier molecular flexibility index (Phi) is 7.29. The van der Waals surface area contributed by atoms with Crippen LogP contribution in [0, 0.1) is 0 Å². The van der Waals surface area contributed by atoms with Crippen molar-refractivity contribution in [2.75, 3.05) is 6.61 Å². The lowest BCUT2D eigenvalue weighted by Crippen LogP contribution is -2.17. The molecule has 0 saturated carbocycles. The molecular weight excluding hydrogens is 450 g/mol. The summed E-state index contributed by atoms with van der Waals surface area (Å²) in [4.78, 5) is 28.4. The molecule has 0 radical (unpaired) electrons. The summed E-state index contributed by atoms with van der Waals surface area (Å²) >= 11 is 3.38. The number of pyridine rings is 1. The van der Waals surface area contributed by atoms with Crippen LogP contribution in [0.2, 0.25) is 0 Å². The summed E-state index contributed by atoms with van der Waals surface area (Å²) in [6.07, 6.45) is 4.45. The van der Waals surface area contributed by atoms with Crippen LogP contribution in [-0.2, 0) is 0 Å². The van der Waals surface area contributed by atoms with Crippen molar-refractivity contribution in [2.45, 2.75) is 6.92 Å². The Labute approximate surface area is 181 Å². The van der Waals surface area contributed by atoms with E-state index in [-0.39, 0.29) is 5.91 Å². The Morgan fingerprint density at radius 2 is 1.80 bits per heavy atom. The van der Waals surface area contributed by atoms with Crippen molar-refractivity contribution in [3.05, 3.63) is 88.2 Å². The van der Waals surface area contributed by atoms with Crippen LogP contribution in [0.25, 0.3) is 0 Å². The van der Waals surface area contributed by atoms with E-state index in [0.717, 1.165) is 4.47 Å². The van der Waals surface area contributed by atoms with Crippen molar-refractivity contribution in [2.24, 2.45) is 5.10 Å². The fraction of sp³-hybridized carbons (Fsp3) is 0.0909. The van der Waals surface area contributed by atoms with Crippen LogP contribution >= 0.6 is 15.9 Å². The molecule has 0 aliphatic rings. The normalized spacial score (nSPS) is 10.6. The third-order valence-electron chi connectivity index (χ3n) is 3.89. The molecule has 2 aromatic carbocycles. The number of nitrogens with zero attached hydrogens (tertiary/aromatic N) is 2. The average molecular weight is 468 g/mol. The zero-order chi connectivity index (χ0) is 21.3. The molecule has 0 unspecified atom stereocenters. The minimum Gasteiger partial charge on any atom is -0.494 e. The SMILES string of the molecule is CCOc1ccc(C(=O)Oc2ccc(Br)cc2/C=N/NC(=O)c2ccncc2)cc1. The predicted molar refractivity (Wildman–Crippen MR) is 116 cm³/mol. The third-order valence-corrected chi connectivity index (χ3v) is 4.38. The van der Waals surface area contributed by atoms with Gasteiger partial charge in [-0.1, -0.05) is 15.9 Å². The Morgan fingerprint density at radius 1 is 1.07 bits per heavy atom. The van der Waals surface area contributed by atoms with E-state index < -0.39 is 5.97 Å². The molecule has 1 heterocycles. The molecule has 0 spiro atoms. The number of aromatic nitrogens is 1. The minimum absolute atomic E-state index is 0.305. The van der Waals surface area contributed by atoms with E-state index in [0.29, 0.717) is 34.8 Å². The molecule has 0 saturated heterocycles. The Bertz CT molecular complexity index is 1050.